The molecule has 0 aromatic heterocycles. The number of epoxide rings is 1. The zero-order valence-corrected chi connectivity index (χ0v) is 14.9. The molecule has 2 heterocycles. The maximum Gasteiger partial charge on any atom is 0.0977 e. The zero-order chi connectivity index (χ0) is 16.6. The van der Waals surface area contributed by atoms with Crippen molar-refractivity contribution in [3.05, 3.63) is 34.4 Å². The van der Waals surface area contributed by atoms with Crippen molar-refractivity contribution in [3.63, 3.8) is 0 Å². The van der Waals surface area contributed by atoms with Gasteiger partial charge in [-0.1, -0.05) is 23.3 Å². The van der Waals surface area contributed by atoms with Gasteiger partial charge in [0.05, 0.1) is 30.5 Å². The van der Waals surface area contributed by atoms with Gasteiger partial charge < -0.3 is 14.6 Å². The van der Waals surface area contributed by atoms with Gasteiger partial charge in [0.25, 0.3) is 0 Å². The second-order valence-corrected chi connectivity index (χ2v) is 7.79. The highest BCUT2D eigenvalue weighted by molar-refractivity contribution is 5.29. The third-order valence-corrected chi connectivity index (χ3v) is 5.54. The normalized spacial score (nSPS) is 43.6. The standard InChI is InChI=1S/C20H30O3/c1-13-5-6-19-20(4,23-19)8-7-17-15(3)12-22-18(17)11-14(2)10-16(21)9-13/h9,11,16,18-19,21H,5-8,10,12H2,1-4H3/b13-9-,14-11+/t16-,18+,19+,20-/m1/s1. The van der Waals surface area contributed by atoms with Gasteiger partial charge in [-0.05, 0) is 70.9 Å². The number of aliphatic hydroxyl groups is 1. The number of allylic oxidation sites excluding steroid dienone is 1. The van der Waals surface area contributed by atoms with E-state index in [9.17, 15) is 5.11 Å². The van der Waals surface area contributed by atoms with Crippen molar-refractivity contribution in [3.8, 4) is 0 Å². The van der Waals surface area contributed by atoms with Gasteiger partial charge >= 0.3 is 0 Å². The fourth-order valence-corrected chi connectivity index (χ4v) is 3.90. The SMILES string of the molecule is CC1=C2CC[C@@]3(C)O[C@H]3CC/C(C)=C\[C@@H](O)C/C(C)=C/[C@@H]2OC1. The number of fused-ring (bicyclic) bond motifs is 2. The van der Waals surface area contributed by atoms with Crippen LogP contribution in [0.2, 0.25) is 0 Å². The van der Waals surface area contributed by atoms with Gasteiger partial charge in [0.2, 0.25) is 0 Å². The molecule has 0 aromatic carbocycles. The Hall–Kier alpha value is -0.900. The number of rotatable bonds is 0. The molecule has 1 N–H and O–H groups in total. The van der Waals surface area contributed by atoms with Crippen LogP contribution in [-0.2, 0) is 9.47 Å². The summed E-state index contributed by atoms with van der Waals surface area (Å²) in [4.78, 5) is 0. The summed E-state index contributed by atoms with van der Waals surface area (Å²) in [6, 6.07) is 0. The van der Waals surface area contributed by atoms with Crippen LogP contribution in [0, 0.1) is 0 Å². The molecule has 3 rings (SSSR count). The number of ether oxygens (including phenoxy) is 2. The van der Waals surface area contributed by atoms with Gasteiger partial charge in [-0.15, -0.1) is 0 Å². The third kappa shape index (κ3) is 3.96. The fourth-order valence-electron chi connectivity index (χ4n) is 3.90. The molecule has 23 heavy (non-hydrogen) atoms. The molecule has 0 unspecified atom stereocenters. The Morgan fingerprint density at radius 3 is 2.70 bits per heavy atom. The summed E-state index contributed by atoms with van der Waals surface area (Å²) in [5.41, 5.74) is 5.26. The molecule has 3 nitrogen and oxygen atoms in total. The molecule has 0 amide bonds. The van der Waals surface area contributed by atoms with Crippen molar-refractivity contribution in [2.45, 2.75) is 83.7 Å². The average Bonchev–Trinajstić information content (AvgIpc) is 2.99. The monoisotopic (exact) mass is 318 g/mol. The first-order valence-corrected chi connectivity index (χ1v) is 8.88. The predicted molar refractivity (Wildman–Crippen MR) is 92.3 cm³/mol. The Bertz CT molecular complexity index is 557. The van der Waals surface area contributed by atoms with E-state index in [2.05, 4.69) is 33.8 Å². The van der Waals surface area contributed by atoms with E-state index >= 15 is 0 Å². The summed E-state index contributed by atoms with van der Waals surface area (Å²) in [5, 5.41) is 10.3. The van der Waals surface area contributed by atoms with Gasteiger partial charge in [0.1, 0.15) is 0 Å². The topological polar surface area (TPSA) is 42.0 Å². The molecular formula is C20H30O3. The molecule has 4 atom stereocenters. The van der Waals surface area contributed by atoms with E-state index in [1.807, 2.05) is 6.08 Å². The first kappa shape index (κ1) is 16.9. The first-order valence-electron chi connectivity index (χ1n) is 8.88. The molecule has 2 aliphatic heterocycles. The van der Waals surface area contributed by atoms with Crippen LogP contribution in [0.15, 0.2) is 34.4 Å². The van der Waals surface area contributed by atoms with E-state index in [1.54, 1.807) is 0 Å². The molecule has 0 spiro atoms. The molecule has 0 aromatic rings. The lowest BCUT2D eigenvalue weighted by molar-refractivity contribution is 0.149. The maximum absolute atomic E-state index is 10.3. The number of aliphatic hydroxyl groups excluding tert-OH is 1. The molecule has 1 fully saturated rings. The number of hydrogen-bond donors (Lipinski definition) is 1. The summed E-state index contributed by atoms with van der Waals surface area (Å²) in [7, 11) is 0. The van der Waals surface area contributed by atoms with Gasteiger partial charge in [-0.3, -0.25) is 0 Å². The van der Waals surface area contributed by atoms with Crippen molar-refractivity contribution in [1.29, 1.82) is 0 Å². The second kappa shape index (κ2) is 6.54. The predicted octanol–water partition coefficient (Wildman–Crippen LogP) is 4.08. The van der Waals surface area contributed by atoms with Crippen molar-refractivity contribution in [1.82, 2.24) is 0 Å². The minimum Gasteiger partial charge on any atom is -0.389 e. The lowest BCUT2D eigenvalue weighted by Crippen LogP contribution is -2.15. The van der Waals surface area contributed by atoms with Crippen molar-refractivity contribution in [2.24, 2.45) is 0 Å². The van der Waals surface area contributed by atoms with Gasteiger partial charge in [0.15, 0.2) is 0 Å². The molecule has 1 saturated heterocycles. The Labute approximate surface area is 140 Å². The summed E-state index contributed by atoms with van der Waals surface area (Å²) in [6.45, 7) is 9.34. The molecular weight excluding hydrogens is 288 g/mol. The lowest BCUT2D eigenvalue weighted by atomic mass is 9.90. The lowest BCUT2D eigenvalue weighted by Gasteiger charge is -2.16. The van der Waals surface area contributed by atoms with E-state index in [-0.39, 0.29) is 11.7 Å². The van der Waals surface area contributed by atoms with E-state index in [0.717, 1.165) is 32.3 Å². The molecule has 0 radical (unpaired) electrons. The highest BCUT2D eigenvalue weighted by Gasteiger charge is 2.51. The highest BCUT2D eigenvalue weighted by atomic mass is 16.6. The van der Waals surface area contributed by atoms with Crippen LogP contribution in [0.4, 0.5) is 0 Å². The number of hydrogen-bond acceptors (Lipinski definition) is 3. The van der Waals surface area contributed by atoms with E-state index in [0.29, 0.717) is 12.5 Å². The van der Waals surface area contributed by atoms with Crippen molar-refractivity contribution >= 4 is 0 Å². The van der Waals surface area contributed by atoms with E-state index in [1.165, 1.54) is 22.3 Å². The minimum atomic E-state index is -0.407. The van der Waals surface area contributed by atoms with Crippen molar-refractivity contribution in [2.75, 3.05) is 6.61 Å². The molecule has 128 valence electrons. The molecule has 1 aliphatic carbocycles. The largest absolute Gasteiger partial charge is 0.389 e. The Balaban J connectivity index is 1.81. The highest BCUT2D eigenvalue weighted by Crippen LogP contribution is 2.45. The maximum atomic E-state index is 10.3. The van der Waals surface area contributed by atoms with Gasteiger partial charge in [0, 0.05) is 0 Å². The fraction of sp³-hybridized carbons (Fsp3) is 0.700. The molecule has 3 heteroatoms. The van der Waals surface area contributed by atoms with E-state index in [4.69, 9.17) is 9.47 Å². The van der Waals surface area contributed by atoms with Crippen LogP contribution < -0.4 is 0 Å². The summed E-state index contributed by atoms with van der Waals surface area (Å²) in [6.07, 6.45) is 9.09. The molecule has 3 aliphatic rings. The van der Waals surface area contributed by atoms with Crippen molar-refractivity contribution < 1.29 is 14.6 Å². The first-order chi connectivity index (χ1) is 10.9. The van der Waals surface area contributed by atoms with Crippen LogP contribution in [0.5, 0.6) is 0 Å². The van der Waals surface area contributed by atoms with Crippen LogP contribution in [0.25, 0.3) is 0 Å². The Kier molecular flexibility index (Phi) is 4.82. The Morgan fingerprint density at radius 1 is 1.13 bits per heavy atom. The summed E-state index contributed by atoms with van der Waals surface area (Å²) >= 11 is 0. The van der Waals surface area contributed by atoms with Crippen LogP contribution in [0.1, 0.15) is 59.8 Å². The molecule has 0 bridgehead atoms. The average molecular weight is 318 g/mol. The summed E-state index contributed by atoms with van der Waals surface area (Å²) in [5.74, 6) is 0. The van der Waals surface area contributed by atoms with Crippen LogP contribution in [0.3, 0.4) is 0 Å². The molecule has 0 saturated carbocycles. The zero-order valence-electron chi connectivity index (χ0n) is 14.9. The van der Waals surface area contributed by atoms with Crippen LogP contribution >= 0.6 is 0 Å². The third-order valence-electron chi connectivity index (χ3n) is 5.54. The smallest absolute Gasteiger partial charge is 0.0977 e. The van der Waals surface area contributed by atoms with Gasteiger partial charge in [-0.25, -0.2) is 0 Å². The second-order valence-electron chi connectivity index (χ2n) is 7.79. The van der Waals surface area contributed by atoms with Gasteiger partial charge in [-0.2, -0.15) is 0 Å². The van der Waals surface area contributed by atoms with Crippen LogP contribution in [-0.4, -0.2) is 35.6 Å². The summed E-state index contributed by atoms with van der Waals surface area (Å²) < 4.78 is 11.9. The Morgan fingerprint density at radius 2 is 1.91 bits per heavy atom. The van der Waals surface area contributed by atoms with E-state index < -0.39 is 6.10 Å². The quantitative estimate of drug-likeness (QED) is 0.540. The minimum absolute atomic E-state index is 0.0300.